The fourth-order valence-electron chi connectivity index (χ4n) is 11.8. The molecule has 0 amide bonds. The molecule has 1 saturated carbocycles. The van der Waals surface area contributed by atoms with Crippen LogP contribution in [0.15, 0.2) is 36.4 Å². The van der Waals surface area contributed by atoms with Gasteiger partial charge in [0, 0.05) is 25.7 Å². The number of benzene rings is 3. The SMILES string of the molecule is CC(C)(C)c1cc(CCC(=O)OCC(COC(=O)CCc2cc(C(C)(C)C)c(O)c(C(C)(C)C)c2)(COC(=O)CCc2cc(C(C)(C)C)c(O)c(C(C)(C)C)c2)COC(=O)CCC2CC(C(C)(C)C)C(O)C(C(C)(C)C)C2)cc(C(C)(C)C)c1O. The molecule has 3 aromatic carbocycles. The van der Waals surface area contributed by atoms with Crippen molar-refractivity contribution in [2.75, 3.05) is 26.4 Å². The molecule has 4 rings (SSSR count). The molecule has 0 aliphatic heterocycles. The van der Waals surface area contributed by atoms with Crippen LogP contribution in [0.5, 0.6) is 17.2 Å². The van der Waals surface area contributed by atoms with E-state index in [1.807, 2.05) is 161 Å². The molecule has 0 aromatic heterocycles. The van der Waals surface area contributed by atoms with Crippen molar-refractivity contribution in [2.24, 2.45) is 34.0 Å². The minimum Gasteiger partial charge on any atom is -0.507 e. The Kier molecular flexibility index (Phi) is 23.1. The van der Waals surface area contributed by atoms with Gasteiger partial charge in [0.25, 0.3) is 0 Å². The number of carbonyl (C=O) groups excluding carboxylic acids is 4. The van der Waals surface area contributed by atoms with Gasteiger partial charge in [0.05, 0.1) is 6.10 Å². The lowest BCUT2D eigenvalue weighted by atomic mass is 9.58. The fraction of sp³-hybridized carbons (Fsp3) is 0.699. The van der Waals surface area contributed by atoms with E-state index in [4.69, 9.17) is 18.9 Å². The summed E-state index contributed by atoms with van der Waals surface area (Å²) in [6.45, 7) is 47.8. The molecule has 1 fully saturated rings. The summed E-state index contributed by atoms with van der Waals surface area (Å²) in [5.41, 5.74) is 2.92. The summed E-state index contributed by atoms with van der Waals surface area (Å²) in [4.78, 5) is 56.5. The van der Waals surface area contributed by atoms with E-state index in [0.29, 0.717) is 6.42 Å². The number of aromatic hydroxyl groups is 3. The van der Waals surface area contributed by atoms with Crippen LogP contribution in [0.3, 0.4) is 0 Å². The highest BCUT2D eigenvalue weighted by molar-refractivity contribution is 5.72. The highest BCUT2D eigenvalue weighted by Gasteiger charge is 2.46. The van der Waals surface area contributed by atoms with E-state index in [1.165, 1.54) is 0 Å². The van der Waals surface area contributed by atoms with Gasteiger partial charge in [0.2, 0.25) is 0 Å². The van der Waals surface area contributed by atoms with Crippen LogP contribution in [0.1, 0.15) is 261 Å². The molecule has 12 nitrogen and oxygen atoms in total. The Morgan fingerprint density at radius 2 is 0.588 bits per heavy atom. The maximum Gasteiger partial charge on any atom is 0.306 e. The van der Waals surface area contributed by atoms with Crippen LogP contribution in [0.25, 0.3) is 0 Å². The zero-order chi connectivity index (χ0) is 65.0. The van der Waals surface area contributed by atoms with Gasteiger partial charge in [-0.2, -0.15) is 0 Å². The first kappa shape index (κ1) is 72.4. The number of hydrogen-bond donors (Lipinski definition) is 4. The molecule has 1 aliphatic rings. The first-order valence-electron chi connectivity index (χ1n) is 31.4. The standard InChI is InChI=1S/C73H114O12/c1-65(2,3)49-33-45(34-50(61(49)78)66(4,5)6)25-29-57(74)82-41-73(42-83-58(75)30-26-46-35-51(67(7,8)9)62(79)52(36-46)68(10,11)12,43-84-59(76)31-27-47-37-53(69(13,14)15)63(80)54(38-47)70(16,17)18)44-85-60(77)32-28-48-39-55(71(19,20)21)64(81)56(40-48)72(22,23)24/h33-38,48,55-56,64,78-81H,25-32,39-44H2,1-24H3. The molecule has 2 atom stereocenters. The Morgan fingerprint density at radius 1 is 0.376 bits per heavy atom. The zero-order valence-electron chi connectivity index (χ0n) is 57.2. The number of aryl methyl sites for hydroxylation is 3. The van der Waals surface area contributed by atoms with Crippen molar-refractivity contribution >= 4 is 23.9 Å². The van der Waals surface area contributed by atoms with Crippen LogP contribution in [0.4, 0.5) is 0 Å². The summed E-state index contributed by atoms with van der Waals surface area (Å²) in [7, 11) is 0. The zero-order valence-corrected chi connectivity index (χ0v) is 57.2. The minimum absolute atomic E-state index is 0.0264. The van der Waals surface area contributed by atoms with Crippen LogP contribution in [0, 0.1) is 34.0 Å². The van der Waals surface area contributed by atoms with Gasteiger partial charge in [0.1, 0.15) is 49.1 Å². The van der Waals surface area contributed by atoms with E-state index in [9.17, 15) is 39.6 Å². The molecule has 0 bridgehead atoms. The normalized spacial score (nSPS) is 17.8. The van der Waals surface area contributed by atoms with E-state index in [-0.39, 0.29) is 90.8 Å². The number of hydrogen-bond acceptors (Lipinski definition) is 12. The molecule has 0 radical (unpaired) electrons. The number of carbonyl (C=O) groups is 4. The first-order chi connectivity index (χ1) is 38.4. The summed E-state index contributed by atoms with van der Waals surface area (Å²) in [6, 6.07) is 11.6. The second-order valence-electron chi connectivity index (χ2n) is 33.6. The molecule has 2 unspecified atom stereocenters. The predicted molar refractivity (Wildman–Crippen MR) is 342 cm³/mol. The van der Waals surface area contributed by atoms with E-state index in [0.717, 1.165) is 62.9 Å². The maximum atomic E-state index is 14.2. The third-order valence-corrected chi connectivity index (χ3v) is 17.3. The number of esters is 4. The van der Waals surface area contributed by atoms with Gasteiger partial charge in [-0.25, -0.2) is 0 Å². The summed E-state index contributed by atoms with van der Waals surface area (Å²) in [5.74, 6) is -1.35. The highest BCUT2D eigenvalue weighted by Crippen LogP contribution is 2.50. The minimum atomic E-state index is -1.55. The number of phenols is 3. The van der Waals surface area contributed by atoms with Crippen molar-refractivity contribution in [3.8, 4) is 17.2 Å². The lowest BCUT2D eigenvalue weighted by Crippen LogP contribution is -2.47. The summed E-state index contributed by atoms with van der Waals surface area (Å²) < 4.78 is 24.5. The highest BCUT2D eigenvalue weighted by atomic mass is 16.6. The third-order valence-electron chi connectivity index (χ3n) is 17.3. The van der Waals surface area contributed by atoms with Gasteiger partial charge >= 0.3 is 23.9 Å². The topological polar surface area (TPSA) is 186 Å². The van der Waals surface area contributed by atoms with Crippen molar-refractivity contribution in [3.05, 3.63) is 86.5 Å². The molecule has 85 heavy (non-hydrogen) atoms. The molecule has 478 valence electrons. The molecule has 0 saturated heterocycles. The average molecular weight is 1180 g/mol. The van der Waals surface area contributed by atoms with Gasteiger partial charge < -0.3 is 39.4 Å². The Balaban J connectivity index is 1.74. The first-order valence-corrected chi connectivity index (χ1v) is 31.4. The monoisotopic (exact) mass is 1180 g/mol. The molecular weight excluding hydrogens is 1070 g/mol. The van der Waals surface area contributed by atoms with Crippen LogP contribution < -0.4 is 0 Å². The second kappa shape index (κ2) is 27.1. The van der Waals surface area contributed by atoms with Crippen LogP contribution in [-0.4, -0.2) is 76.8 Å². The summed E-state index contributed by atoms with van der Waals surface area (Å²) in [5, 5.41) is 45.9. The number of phenolic OH excluding ortho intramolecular Hbond substituents is 3. The number of ether oxygens (including phenoxy) is 4. The molecule has 3 aromatic rings. The largest absolute Gasteiger partial charge is 0.507 e. The number of rotatable bonds is 20. The maximum absolute atomic E-state index is 14.2. The number of aliphatic hydroxyl groups excluding tert-OH is 1. The average Bonchev–Trinajstić information content (AvgIpc) is 1.83. The van der Waals surface area contributed by atoms with E-state index in [2.05, 4.69) is 41.5 Å². The van der Waals surface area contributed by atoms with Crippen molar-refractivity contribution in [3.63, 3.8) is 0 Å². The quantitative estimate of drug-likeness (QED) is 0.0621. The van der Waals surface area contributed by atoms with Crippen molar-refractivity contribution in [1.29, 1.82) is 0 Å². The molecule has 4 N–H and O–H groups in total. The summed E-state index contributed by atoms with van der Waals surface area (Å²) >= 11 is 0. The van der Waals surface area contributed by atoms with Crippen molar-refractivity contribution in [2.45, 2.75) is 269 Å². The molecular formula is C73H114O12. The van der Waals surface area contributed by atoms with Crippen LogP contribution >= 0.6 is 0 Å². The van der Waals surface area contributed by atoms with E-state index >= 15 is 0 Å². The number of aliphatic hydroxyl groups is 1. The van der Waals surface area contributed by atoms with Gasteiger partial charge in [-0.1, -0.05) is 203 Å². The lowest BCUT2D eigenvalue weighted by Gasteiger charge is -2.49. The Morgan fingerprint density at radius 3 is 0.788 bits per heavy atom. The molecule has 0 heterocycles. The Labute approximate surface area is 513 Å². The summed E-state index contributed by atoms with van der Waals surface area (Å²) in [6.07, 6.45) is 2.36. The fourth-order valence-corrected chi connectivity index (χ4v) is 11.8. The van der Waals surface area contributed by atoms with Gasteiger partial charge in [0.15, 0.2) is 0 Å². The van der Waals surface area contributed by atoms with Crippen molar-refractivity contribution < 1.29 is 58.6 Å². The smallest absolute Gasteiger partial charge is 0.306 e. The predicted octanol–water partition coefficient (Wildman–Crippen LogP) is 15.8. The van der Waals surface area contributed by atoms with E-state index in [1.54, 1.807) is 0 Å². The van der Waals surface area contributed by atoms with E-state index < -0.39 is 94.3 Å². The lowest BCUT2D eigenvalue weighted by molar-refractivity contribution is -0.170. The molecule has 12 heteroatoms. The van der Waals surface area contributed by atoms with Crippen LogP contribution in [0.2, 0.25) is 0 Å². The van der Waals surface area contributed by atoms with Crippen LogP contribution in [-0.2, 0) is 89.9 Å². The molecule has 1 aliphatic carbocycles. The third kappa shape index (κ3) is 20.5. The van der Waals surface area contributed by atoms with Gasteiger partial charge in [-0.15, -0.1) is 0 Å². The Hall–Kier alpha value is -5.10. The van der Waals surface area contributed by atoms with Gasteiger partial charge in [-0.05, 0) is 150 Å². The second-order valence-corrected chi connectivity index (χ2v) is 33.6. The molecule has 0 spiro atoms. The van der Waals surface area contributed by atoms with Gasteiger partial charge in [-0.3, -0.25) is 19.2 Å². The Bertz CT molecular complexity index is 2420. The van der Waals surface area contributed by atoms with Crippen molar-refractivity contribution in [1.82, 2.24) is 0 Å².